The van der Waals surface area contributed by atoms with Crippen LogP contribution in [-0.2, 0) is 17.9 Å². The summed E-state index contributed by atoms with van der Waals surface area (Å²) < 4.78 is 7.58. The smallest absolute Gasteiger partial charge is 0.256 e. The van der Waals surface area contributed by atoms with Crippen LogP contribution in [0.25, 0.3) is 0 Å². The quantitative estimate of drug-likeness (QED) is 0.527. The van der Waals surface area contributed by atoms with Crippen LogP contribution in [0.2, 0.25) is 0 Å². The summed E-state index contributed by atoms with van der Waals surface area (Å²) >= 11 is 0. The molecule has 0 aromatic carbocycles. The first-order chi connectivity index (χ1) is 6.38. The van der Waals surface area contributed by atoms with E-state index < -0.39 is 0 Å². The zero-order valence-corrected chi connectivity index (χ0v) is 8.55. The number of aromatic nitrogens is 2. The number of aromatic amines is 1. The summed E-state index contributed by atoms with van der Waals surface area (Å²) in [6.45, 7) is 5.81. The van der Waals surface area contributed by atoms with Gasteiger partial charge in [0.2, 0.25) is 0 Å². The lowest BCUT2D eigenvalue weighted by Crippen LogP contribution is -2.37. The molecule has 0 aliphatic carbocycles. The number of imidazole rings is 1. The van der Waals surface area contributed by atoms with Crippen molar-refractivity contribution in [2.45, 2.75) is 39.8 Å². The lowest BCUT2D eigenvalue weighted by atomic mass is 10.3. The van der Waals surface area contributed by atoms with Gasteiger partial charge in [0.25, 0.3) is 5.82 Å². The number of H-pyrrole nitrogens is 1. The lowest BCUT2D eigenvalue weighted by Gasteiger charge is -2.00. The summed E-state index contributed by atoms with van der Waals surface area (Å²) in [7, 11) is 0. The van der Waals surface area contributed by atoms with Crippen LogP contribution < -0.4 is 4.57 Å². The van der Waals surface area contributed by atoms with E-state index in [1.807, 2.05) is 12.4 Å². The number of aryl methyl sites for hydroxylation is 1. The summed E-state index contributed by atoms with van der Waals surface area (Å²) in [6, 6.07) is 0. The van der Waals surface area contributed by atoms with Crippen molar-refractivity contribution in [3.05, 3.63) is 18.2 Å². The predicted molar refractivity (Wildman–Crippen MR) is 51.2 cm³/mol. The summed E-state index contributed by atoms with van der Waals surface area (Å²) in [6.07, 6.45) is 7.31. The molecule has 13 heavy (non-hydrogen) atoms. The molecular formula is C10H19N2O+. The molecule has 1 aromatic rings. The minimum Gasteiger partial charge on any atom is -0.342 e. The van der Waals surface area contributed by atoms with E-state index in [-0.39, 0.29) is 0 Å². The van der Waals surface area contributed by atoms with Crippen molar-refractivity contribution in [1.82, 2.24) is 4.98 Å². The van der Waals surface area contributed by atoms with Gasteiger partial charge in [-0.3, -0.25) is 0 Å². The standard InChI is InChI=1S/C10H18N2O/c1-3-5-10-11-6-7-12(10)9-13-8-4-2/h6-7H,3-5,8-9H2,1-2H3/p+1. The van der Waals surface area contributed by atoms with Crippen molar-refractivity contribution in [3.8, 4) is 0 Å². The maximum Gasteiger partial charge on any atom is 0.256 e. The second kappa shape index (κ2) is 5.75. The van der Waals surface area contributed by atoms with Gasteiger partial charge in [-0.2, -0.15) is 0 Å². The minimum atomic E-state index is 0.673. The second-order valence-electron chi connectivity index (χ2n) is 3.16. The fraction of sp³-hybridized carbons (Fsp3) is 0.700. The van der Waals surface area contributed by atoms with E-state index in [1.165, 1.54) is 5.82 Å². The van der Waals surface area contributed by atoms with Gasteiger partial charge >= 0.3 is 0 Å². The fourth-order valence-corrected chi connectivity index (χ4v) is 1.28. The van der Waals surface area contributed by atoms with Crippen molar-refractivity contribution in [3.63, 3.8) is 0 Å². The fourth-order valence-electron chi connectivity index (χ4n) is 1.28. The molecule has 1 heterocycles. The highest BCUT2D eigenvalue weighted by Crippen LogP contribution is 1.92. The number of hydrogen-bond acceptors (Lipinski definition) is 1. The molecule has 0 aliphatic heterocycles. The summed E-state index contributed by atoms with van der Waals surface area (Å²) in [5, 5.41) is 0. The van der Waals surface area contributed by atoms with Gasteiger partial charge in [-0.05, 0) is 12.8 Å². The Bertz CT molecular complexity index is 233. The molecule has 0 bridgehead atoms. The average Bonchev–Trinajstić information content (AvgIpc) is 2.54. The van der Waals surface area contributed by atoms with E-state index in [1.54, 1.807) is 0 Å². The molecule has 3 nitrogen and oxygen atoms in total. The van der Waals surface area contributed by atoms with Crippen LogP contribution in [0.3, 0.4) is 0 Å². The molecule has 3 heteroatoms. The van der Waals surface area contributed by atoms with Gasteiger partial charge < -0.3 is 4.74 Å². The van der Waals surface area contributed by atoms with Crippen LogP contribution in [0, 0.1) is 0 Å². The molecule has 0 aliphatic rings. The van der Waals surface area contributed by atoms with E-state index in [4.69, 9.17) is 4.74 Å². The normalized spacial score (nSPS) is 10.6. The Morgan fingerprint density at radius 2 is 2.23 bits per heavy atom. The van der Waals surface area contributed by atoms with Gasteiger partial charge in [0, 0.05) is 6.42 Å². The van der Waals surface area contributed by atoms with Crippen molar-refractivity contribution in [2.75, 3.05) is 6.61 Å². The molecule has 0 atom stereocenters. The molecule has 0 saturated heterocycles. The van der Waals surface area contributed by atoms with Gasteiger partial charge in [0.15, 0.2) is 6.73 Å². The molecule has 1 N–H and O–H groups in total. The van der Waals surface area contributed by atoms with Crippen LogP contribution in [0.15, 0.2) is 12.4 Å². The van der Waals surface area contributed by atoms with E-state index in [9.17, 15) is 0 Å². The van der Waals surface area contributed by atoms with Gasteiger partial charge in [-0.25, -0.2) is 9.55 Å². The first-order valence-corrected chi connectivity index (χ1v) is 5.02. The molecule has 0 saturated carbocycles. The van der Waals surface area contributed by atoms with Gasteiger partial charge in [-0.15, -0.1) is 0 Å². The van der Waals surface area contributed by atoms with E-state index in [2.05, 4.69) is 23.4 Å². The largest absolute Gasteiger partial charge is 0.342 e. The molecule has 74 valence electrons. The number of ether oxygens (including phenoxy) is 1. The molecular weight excluding hydrogens is 164 g/mol. The Hall–Kier alpha value is -0.830. The number of nitrogens with one attached hydrogen (secondary N) is 1. The van der Waals surface area contributed by atoms with E-state index in [0.29, 0.717) is 6.73 Å². The van der Waals surface area contributed by atoms with Crippen LogP contribution in [0.4, 0.5) is 0 Å². The van der Waals surface area contributed by atoms with Crippen molar-refractivity contribution >= 4 is 0 Å². The third-order valence-corrected chi connectivity index (χ3v) is 1.92. The average molecular weight is 183 g/mol. The minimum absolute atomic E-state index is 0.673. The Balaban J connectivity index is 2.40. The van der Waals surface area contributed by atoms with Gasteiger partial charge in [-0.1, -0.05) is 13.8 Å². The molecule has 0 amide bonds. The maximum atomic E-state index is 5.46. The maximum absolute atomic E-state index is 5.46. The summed E-state index contributed by atoms with van der Waals surface area (Å²) in [5.74, 6) is 1.25. The van der Waals surface area contributed by atoms with E-state index in [0.717, 1.165) is 25.9 Å². The zero-order valence-electron chi connectivity index (χ0n) is 8.55. The Labute approximate surface area is 79.7 Å². The van der Waals surface area contributed by atoms with Crippen molar-refractivity contribution in [2.24, 2.45) is 0 Å². The first kappa shape index (κ1) is 10.3. The SMILES string of the molecule is CCCOC[n+]1cc[nH]c1CCC. The van der Waals surface area contributed by atoms with Gasteiger partial charge in [0.1, 0.15) is 12.4 Å². The molecule has 0 fully saturated rings. The highest BCUT2D eigenvalue weighted by atomic mass is 16.5. The lowest BCUT2D eigenvalue weighted by molar-refractivity contribution is -0.738. The van der Waals surface area contributed by atoms with Crippen molar-refractivity contribution in [1.29, 1.82) is 0 Å². The highest BCUT2D eigenvalue weighted by molar-refractivity contribution is 4.76. The monoisotopic (exact) mass is 183 g/mol. The molecule has 0 radical (unpaired) electrons. The molecule has 0 spiro atoms. The van der Waals surface area contributed by atoms with Crippen LogP contribution >= 0.6 is 0 Å². The number of hydrogen-bond donors (Lipinski definition) is 1. The second-order valence-corrected chi connectivity index (χ2v) is 3.16. The third-order valence-electron chi connectivity index (χ3n) is 1.92. The van der Waals surface area contributed by atoms with Crippen molar-refractivity contribution < 1.29 is 9.30 Å². The summed E-state index contributed by atoms with van der Waals surface area (Å²) in [5.41, 5.74) is 0. The molecule has 1 rings (SSSR count). The Morgan fingerprint density at radius 1 is 1.38 bits per heavy atom. The van der Waals surface area contributed by atoms with Gasteiger partial charge in [0.05, 0.1) is 6.61 Å². The van der Waals surface area contributed by atoms with Crippen LogP contribution in [0.5, 0.6) is 0 Å². The molecule has 1 aromatic heterocycles. The Kier molecular flexibility index (Phi) is 4.54. The molecule has 0 unspecified atom stereocenters. The highest BCUT2D eigenvalue weighted by Gasteiger charge is 2.07. The van der Waals surface area contributed by atoms with Crippen LogP contribution in [-0.4, -0.2) is 11.6 Å². The number of rotatable bonds is 6. The zero-order chi connectivity index (χ0) is 9.52. The summed E-state index contributed by atoms with van der Waals surface area (Å²) in [4.78, 5) is 3.22. The number of nitrogens with zero attached hydrogens (tertiary/aromatic N) is 1. The first-order valence-electron chi connectivity index (χ1n) is 5.02. The topological polar surface area (TPSA) is 28.9 Å². The third kappa shape index (κ3) is 3.19. The van der Waals surface area contributed by atoms with E-state index >= 15 is 0 Å². The Morgan fingerprint density at radius 3 is 2.92 bits per heavy atom. The van der Waals surface area contributed by atoms with Crippen LogP contribution in [0.1, 0.15) is 32.5 Å². The predicted octanol–water partition coefficient (Wildman–Crippen LogP) is 1.64.